The molecule has 0 saturated carbocycles. The van der Waals surface area contributed by atoms with Crippen LogP contribution in [0.25, 0.3) is 0 Å². The third-order valence-electron chi connectivity index (χ3n) is 5.01. The second-order valence-corrected chi connectivity index (χ2v) is 6.83. The van der Waals surface area contributed by atoms with Gasteiger partial charge in [-0.25, -0.2) is 9.48 Å². The summed E-state index contributed by atoms with van der Waals surface area (Å²) in [6.45, 7) is 1.91. The SMILES string of the molecule is CN(C)C(=O)Cn1nc2n(c1=O)CCN(c1ccnc3c1CCC3)C2. The summed E-state index contributed by atoms with van der Waals surface area (Å²) in [5.74, 6) is 0.577. The molecule has 0 spiro atoms. The van der Waals surface area contributed by atoms with E-state index in [1.807, 2.05) is 6.20 Å². The second-order valence-electron chi connectivity index (χ2n) is 6.83. The lowest BCUT2D eigenvalue weighted by molar-refractivity contribution is -0.129. The van der Waals surface area contributed by atoms with Gasteiger partial charge in [0, 0.05) is 44.8 Å². The van der Waals surface area contributed by atoms with Crippen molar-refractivity contribution in [3.63, 3.8) is 0 Å². The number of fused-ring (bicyclic) bond motifs is 2. The molecule has 2 aromatic rings. The third-order valence-corrected chi connectivity index (χ3v) is 5.01. The Balaban J connectivity index is 1.61. The number of carbonyl (C=O) groups excluding carboxylic acids is 1. The minimum atomic E-state index is -0.204. The quantitative estimate of drug-likeness (QED) is 0.787. The minimum absolute atomic E-state index is 0.0174. The molecular formula is C17H22N6O2. The number of anilines is 1. The number of hydrogen-bond donors (Lipinski definition) is 0. The Labute approximate surface area is 145 Å². The molecule has 0 N–H and O–H groups in total. The predicted molar refractivity (Wildman–Crippen MR) is 92.5 cm³/mol. The van der Waals surface area contributed by atoms with E-state index in [0.29, 0.717) is 18.9 Å². The summed E-state index contributed by atoms with van der Waals surface area (Å²) in [6, 6.07) is 2.06. The maximum absolute atomic E-state index is 12.5. The molecular weight excluding hydrogens is 320 g/mol. The number of likely N-dealkylation sites (N-methyl/N-ethyl adjacent to an activating group) is 1. The number of hydrogen-bond acceptors (Lipinski definition) is 5. The molecule has 0 fully saturated rings. The van der Waals surface area contributed by atoms with Gasteiger partial charge in [0.25, 0.3) is 0 Å². The average Bonchev–Trinajstić information content (AvgIpc) is 3.19. The van der Waals surface area contributed by atoms with E-state index in [9.17, 15) is 9.59 Å². The van der Waals surface area contributed by atoms with Crippen molar-refractivity contribution in [1.29, 1.82) is 0 Å². The predicted octanol–water partition coefficient (Wildman–Crippen LogP) is 0.0369. The molecule has 3 heterocycles. The summed E-state index contributed by atoms with van der Waals surface area (Å²) < 4.78 is 2.96. The number of carbonyl (C=O) groups is 1. The molecule has 8 nitrogen and oxygen atoms in total. The molecule has 0 unspecified atom stereocenters. The van der Waals surface area contributed by atoms with Gasteiger partial charge in [-0.1, -0.05) is 0 Å². The van der Waals surface area contributed by atoms with Crippen LogP contribution in [0.3, 0.4) is 0 Å². The van der Waals surface area contributed by atoms with Crippen LogP contribution in [0.4, 0.5) is 5.69 Å². The lowest BCUT2D eigenvalue weighted by atomic mass is 10.1. The summed E-state index contributed by atoms with van der Waals surface area (Å²) in [7, 11) is 3.35. The molecule has 1 aliphatic heterocycles. The molecule has 0 aromatic carbocycles. The van der Waals surface area contributed by atoms with Crippen LogP contribution in [-0.4, -0.2) is 50.8 Å². The van der Waals surface area contributed by atoms with Crippen LogP contribution >= 0.6 is 0 Å². The highest BCUT2D eigenvalue weighted by Crippen LogP contribution is 2.31. The summed E-state index contributed by atoms with van der Waals surface area (Å²) >= 11 is 0. The van der Waals surface area contributed by atoms with E-state index in [4.69, 9.17) is 0 Å². The molecule has 1 amide bonds. The number of aryl methyl sites for hydroxylation is 1. The molecule has 25 heavy (non-hydrogen) atoms. The van der Waals surface area contributed by atoms with Gasteiger partial charge in [-0.15, -0.1) is 0 Å². The van der Waals surface area contributed by atoms with Crippen LogP contribution in [0.15, 0.2) is 17.1 Å². The molecule has 8 heteroatoms. The lowest BCUT2D eigenvalue weighted by Gasteiger charge is -2.30. The zero-order valence-corrected chi connectivity index (χ0v) is 14.6. The first-order valence-electron chi connectivity index (χ1n) is 8.63. The lowest BCUT2D eigenvalue weighted by Crippen LogP contribution is -2.38. The van der Waals surface area contributed by atoms with Crippen molar-refractivity contribution in [2.75, 3.05) is 25.5 Å². The zero-order valence-electron chi connectivity index (χ0n) is 14.6. The fourth-order valence-electron chi connectivity index (χ4n) is 3.62. The second kappa shape index (κ2) is 6.02. The smallest absolute Gasteiger partial charge is 0.346 e. The molecule has 2 aliphatic rings. The fourth-order valence-corrected chi connectivity index (χ4v) is 3.62. The maximum Gasteiger partial charge on any atom is 0.346 e. The van der Waals surface area contributed by atoms with Gasteiger partial charge < -0.3 is 9.80 Å². The van der Waals surface area contributed by atoms with E-state index in [0.717, 1.165) is 25.8 Å². The van der Waals surface area contributed by atoms with Crippen LogP contribution in [-0.2, 0) is 37.3 Å². The summed E-state index contributed by atoms with van der Waals surface area (Å²) in [5, 5.41) is 4.40. The number of amides is 1. The molecule has 0 radical (unpaired) electrons. The standard InChI is InChI=1S/C17H22N6O2/c1-20(2)16(24)11-23-17(25)22-9-8-21(10-15(22)19-23)14-6-7-18-13-5-3-4-12(13)14/h6-7H,3-5,8-11H2,1-2H3. The van der Waals surface area contributed by atoms with Crippen molar-refractivity contribution < 1.29 is 4.79 Å². The molecule has 0 bridgehead atoms. The third kappa shape index (κ3) is 2.71. The Hall–Kier alpha value is -2.64. The van der Waals surface area contributed by atoms with Gasteiger partial charge in [0.05, 0.1) is 6.54 Å². The summed E-state index contributed by atoms with van der Waals surface area (Å²) in [6.07, 6.45) is 5.13. The van der Waals surface area contributed by atoms with E-state index in [1.54, 1.807) is 18.7 Å². The highest BCUT2D eigenvalue weighted by atomic mass is 16.2. The minimum Gasteiger partial charge on any atom is -0.362 e. The van der Waals surface area contributed by atoms with Crippen LogP contribution in [0, 0.1) is 0 Å². The largest absolute Gasteiger partial charge is 0.362 e. The van der Waals surface area contributed by atoms with Crippen molar-refractivity contribution >= 4 is 11.6 Å². The molecule has 0 atom stereocenters. The summed E-state index contributed by atoms with van der Waals surface area (Å²) in [4.78, 5) is 32.6. The number of nitrogens with zero attached hydrogens (tertiary/aromatic N) is 6. The Kier molecular flexibility index (Phi) is 3.82. The maximum atomic E-state index is 12.5. The van der Waals surface area contributed by atoms with Crippen LogP contribution in [0.5, 0.6) is 0 Å². The monoisotopic (exact) mass is 342 g/mol. The molecule has 0 saturated heterocycles. The van der Waals surface area contributed by atoms with Crippen LogP contribution < -0.4 is 10.6 Å². The molecule has 1 aliphatic carbocycles. The Bertz CT molecular complexity index is 882. The van der Waals surface area contributed by atoms with E-state index in [2.05, 4.69) is 21.0 Å². The topological polar surface area (TPSA) is 76.3 Å². The van der Waals surface area contributed by atoms with Crippen molar-refractivity contribution in [2.45, 2.75) is 38.9 Å². The molecule has 2 aromatic heterocycles. The zero-order chi connectivity index (χ0) is 17.6. The van der Waals surface area contributed by atoms with Gasteiger partial charge in [0.1, 0.15) is 6.54 Å². The highest BCUT2D eigenvalue weighted by Gasteiger charge is 2.26. The number of aromatic nitrogens is 4. The number of rotatable bonds is 3. The fraction of sp³-hybridized carbons (Fsp3) is 0.529. The van der Waals surface area contributed by atoms with Gasteiger partial charge in [0.15, 0.2) is 5.82 Å². The Morgan fingerprint density at radius 1 is 1.28 bits per heavy atom. The first-order chi connectivity index (χ1) is 12.0. The normalized spacial score (nSPS) is 15.8. The first-order valence-corrected chi connectivity index (χ1v) is 8.63. The van der Waals surface area contributed by atoms with E-state index < -0.39 is 0 Å². The van der Waals surface area contributed by atoms with Gasteiger partial charge in [-0.3, -0.25) is 14.3 Å². The van der Waals surface area contributed by atoms with E-state index >= 15 is 0 Å². The average molecular weight is 342 g/mol. The van der Waals surface area contributed by atoms with Gasteiger partial charge in [0.2, 0.25) is 5.91 Å². The Morgan fingerprint density at radius 2 is 2.12 bits per heavy atom. The van der Waals surface area contributed by atoms with Crippen molar-refractivity contribution in [2.24, 2.45) is 0 Å². The van der Waals surface area contributed by atoms with Gasteiger partial charge in [-0.2, -0.15) is 5.10 Å². The van der Waals surface area contributed by atoms with Gasteiger partial charge in [-0.05, 0) is 30.9 Å². The molecule has 132 valence electrons. The van der Waals surface area contributed by atoms with Crippen molar-refractivity contribution in [1.82, 2.24) is 24.2 Å². The highest BCUT2D eigenvalue weighted by molar-refractivity contribution is 5.75. The van der Waals surface area contributed by atoms with Crippen LogP contribution in [0.1, 0.15) is 23.5 Å². The Morgan fingerprint density at radius 3 is 2.92 bits per heavy atom. The van der Waals surface area contributed by atoms with Gasteiger partial charge >= 0.3 is 5.69 Å². The van der Waals surface area contributed by atoms with E-state index in [-0.39, 0.29) is 18.1 Å². The van der Waals surface area contributed by atoms with Crippen molar-refractivity contribution in [3.8, 4) is 0 Å². The first kappa shape index (κ1) is 15.9. The van der Waals surface area contributed by atoms with E-state index in [1.165, 1.54) is 26.5 Å². The molecule has 4 rings (SSSR count). The van der Waals surface area contributed by atoms with Crippen LogP contribution in [0.2, 0.25) is 0 Å². The summed E-state index contributed by atoms with van der Waals surface area (Å²) in [5.41, 5.74) is 3.54. The number of pyridine rings is 1. The van der Waals surface area contributed by atoms with Crippen molar-refractivity contribution in [3.05, 3.63) is 39.8 Å².